The maximum Gasteiger partial charge on any atom is 0.227 e. The summed E-state index contributed by atoms with van der Waals surface area (Å²) in [5.41, 5.74) is 1.32. The lowest BCUT2D eigenvalue weighted by atomic mass is 9.71. The minimum absolute atomic E-state index is 0.0128. The summed E-state index contributed by atoms with van der Waals surface area (Å²) < 4.78 is 14.4. The van der Waals surface area contributed by atoms with Crippen LogP contribution in [-0.2, 0) is 16.6 Å². The van der Waals surface area contributed by atoms with E-state index in [1.807, 2.05) is 17.0 Å². The monoisotopic (exact) mass is 559 g/mol. The molecular weight excluding hydrogens is 520 g/mol. The highest BCUT2D eigenvalue weighted by molar-refractivity contribution is 6.31. The summed E-state index contributed by atoms with van der Waals surface area (Å²) in [7, 11) is 0. The molecule has 206 valence electrons. The van der Waals surface area contributed by atoms with Gasteiger partial charge in [0.25, 0.3) is 0 Å². The van der Waals surface area contributed by atoms with Gasteiger partial charge in [0.1, 0.15) is 5.82 Å². The van der Waals surface area contributed by atoms with Crippen molar-refractivity contribution in [1.82, 2.24) is 14.7 Å². The van der Waals surface area contributed by atoms with Crippen molar-refractivity contribution in [3.63, 3.8) is 0 Å². The van der Waals surface area contributed by atoms with E-state index >= 15 is 0 Å². The highest BCUT2D eigenvalue weighted by atomic mass is 35.5. The van der Waals surface area contributed by atoms with Gasteiger partial charge in [-0.05, 0) is 107 Å². The van der Waals surface area contributed by atoms with Gasteiger partial charge in [0.05, 0.1) is 6.42 Å². The van der Waals surface area contributed by atoms with Crippen molar-refractivity contribution in [1.29, 1.82) is 0 Å². The number of piperidine rings is 3. The van der Waals surface area contributed by atoms with Gasteiger partial charge in [0, 0.05) is 40.2 Å². The van der Waals surface area contributed by atoms with E-state index in [-0.39, 0.29) is 23.3 Å². The van der Waals surface area contributed by atoms with Crippen molar-refractivity contribution in [3.05, 3.63) is 69.5 Å². The molecule has 0 radical (unpaired) electrons. The molecule has 2 aromatic rings. The Labute approximate surface area is 237 Å². The van der Waals surface area contributed by atoms with Crippen molar-refractivity contribution in [3.8, 4) is 0 Å². The summed E-state index contributed by atoms with van der Waals surface area (Å²) in [5.74, 6) is -0.484. The van der Waals surface area contributed by atoms with Gasteiger partial charge >= 0.3 is 0 Å². The van der Waals surface area contributed by atoms with E-state index in [0.717, 1.165) is 50.0 Å². The first-order valence-corrected chi connectivity index (χ1v) is 15.1. The van der Waals surface area contributed by atoms with E-state index in [2.05, 4.69) is 21.9 Å². The molecule has 7 heteroatoms. The van der Waals surface area contributed by atoms with E-state index in [1.54, 1.807) is 12.1 Å². The molecule has 4 nitrogen and oxygen atoms in total. The van der Waals surface area contributed by atoms with Crippen LogP contribution in [0.5, 0.6) is 0 Å². The molecule has 0 saturated carbocycles. The first kappa shape index (κ1) is 27.9. The third kappa shape index (κ3) is 6.55. The van der Waals surface area contributed by atoms with Crippen molar-refractivity contribution in [2.75, 3.05) is 45.8 Å². The molecule has 3 aliphatic heterocycles. The molecule has 0 aliphatic carbocycles. The van der Waals surface area contributed by atoms with Gasteiger partial charge in [0.15, 0.2) is 0 Å². The number of hydrogen-bond donors (Lipinski definition) is 0. The zero-order chi connectivity index (χ0) is 26.5. The van der Waals surface area contributed by atoms with E-state index in [9.17, 15) is 9.18 Å². The molecule has 0 aromatic heterocycles. The molecule has 0 N–H and O–H groups in total. The highest BCUT2D eigenvalue weighted by Crippen LogP contribution is 2.39. The van der Waals surface area contributed by atoms with Gasteiger partial charge in [-0.2, -0.15) is 0 Å². The van der Waals surface area contributed by atoms with Crippen LogP contribution in [-0.4, -0.2) is 72.5 Å². The summed E-state index contributed by atoms with van der Waals surface area (Å²) in [6.07, 6.45) is 9.47. The van der Waals surface area contributed by atoms with E-state index in [0.29, 0.717) is 18.1 Å². The topological polar surface area (TPSA) is 26.8 Å². The average molecular weight is 561 g/mol. The quantitative estimate of drug-likeness (QED) is 0.383. The second kappa shape index (κ2) is 12.7. The fourth-order valence-electron chi connectivity index (χ4n) is 6.87. The second-order valence-electron chi connectivity index (χ2n) is 11.5. The first-order valence-electron chi connectivity index (χ1n) is 14.4. The smallest absolute Gasteiger partial charge is 0.227 e. The summed E-state index contributed by atoms with van der Waals surface area (Å²) >= 11 is 12.7. The fraction of sp³-hybridized carbons (Fsp3) is 0.581. The van der Waals surface area contributed by atoms with Crippen molar-refractivity contribution >= 4 is 29.1 Å². The highest BCUT2D eigenvalue weighted by Gasteiger charge is 2.39. The Morgan fingerprint density at radius 1 is 0.947 bits per heavy atom. The molecular formula is C31H40Cl2FN3O. The van der Waals surface area contributed by atoms with Crippen LogP contribution < -0.4 is 0 Å². The van der Waals surface area contributed by atoms with Crippen LogP contribution in [0.1, 0.15) is 62.5 Å². The van der Waals surface area contributed by atoms with E-state index in [1.165, 1.54) is 56.8 Å². The predicted octanol–water partition coefficient (Wildman–Crippen LogP) is 6.58. The molecule has 3 aliphatic rings. The second-order valence-corrected chi connectivity index (χ2v) is 12.3. The Hall–Kier alpha value is -1.66. The van der Waals surface area contributed by atoms with Gasteiger partial charge in [-0.3, -0.25) is 4.79 Å². The molecule has 0 spiro atoms. The average Bonchev–Trinajstić information content (AvgIpc) is 2.95. The first-order chi connectivity index (χ1) is 18.4. The van der Waals surface area contributed by atoms with Crippen LogP contribution in [0, 0.1) is 5.82 Å². The molecule has 1 atom stereocenters. The summed E-state index contributed by atoms with van der Waals surface area (Å²) in [5, 5.41) is 1.04. The Kier molecular flexibility index (Phi) is 9.30. The number of benzene rings is 2. The van der Waals surface area contributed by atoms with Gasteiger partial charge in [-0.1, -0.05) is 47.8 Å². The zero-order valence-electron chi connectivity index (χ0n) is 22.3. The van der Waals surface area contributed by atoms with Crippen molar-refractivity contribution in [2.24, 2.45) is 0 Å². The Balaban J connectivity index is 1.27. The van der Waals surface area contributed by atoms with E-state index in [4.69, 9.17) is 23.2 Å². The normalized spacial score (nSPS) is 24.0. The lowest BCUT2D eigenvalue weighted by Crippen LogP contribution is -2.51. The van der Waals surface area contributed by atoms with Crippen LogP contribution >= 0.6 is 23.2 Å². The van der Waals surface area contributed by atoms with Gasteiger partial charge in [-0.25, -0.2) is 4.39 Å². The molecule has 3 fully saturated rings. The molecule has 0 bridgehead atoms. The maximum atomic E-state index is 14.4. The zero-order valence-corrected chi connectivity index (χ0v) is 23.8. The lowest BCUT2D eigenvalue weighted by Gasteiger charge is -2.45. The third-order valence-corrected chi connectivity index (χ3v) is 9.72. The minimum atomic E-state index is -0.420. The molecule has 5 rings (SSSR count). The largest absolute Gasteiger partial charge is 0.342 e. The molecule has 2 aromatic carbocycles. The van der Waals surface area contributed by atoms with Crippen molar-refractivity contribution < 1.29 is 9.18 Å². The predicted molar refractivity (Wildman–Crippen MR) is 154 cm³/mol. The Morgan fingerprint density at radius 3 is 2.45 bits per heavy atom. The van der Waals surface area contributed by atoms with Crippen LogP contribution in [0.3, 0.4) is 0 Å². The standard InChI is InChI=1S/C31H40Cl2FN3O/c32-25-8-4-7-24(21-25)31(14-20-35-18-11-26(12-19-35)36-15-2-1-3-16-36)13-6-17-37(23-31)30(38)22-27-28(33)9-5-10-29(27)34/h4-5,7-10,21,26H,1-3,6,11-20,22-23H2. The Bertz CT molecular complexity index is 1080. The Morgan fingerprint density at radius 2 is 1.71 bits per heavy atom. The van der Waals surface area contributed by atoms with Crippen LogP contribution in [0.2, 0.25) is 10.0 Å². The number of carbonyl (C=O) groups is 1. The number of likely N-dealkylation sites (tertiary alicyclic amines) is 3. The third-order valence-electron chi connectivity index (χ3n) is 9.13. The number of nitrogens with zero attached hydrogens (tertiary/aromatic N) is 3. The SMILES string of the molecule is O=C(Cc1c(F)cccc1Cl)N1CCCC(CCN2CCC(N3CCCCC3)CC2)(c2cccc(Cl)c2)C1. The van der Waals surface area contributed by atoms with Crippen molar-refractivity contribution in [2.45, 2.75) is 69.2 Å². The minimum Gasteiger partial charge on any atom is -0.342 e. The number of hydrogen-bond acceptors (Lipinski definition) is 3. The van der Waals surface area contributed by atoms with Crippen LogP contribution in [0.25, 0.3) is 0 Å². The molecule has 3 heterocycles. The summed E-state index contributed by atoms with van der Waals surface area (Å²) in [6, 6.07) is 13.5. The number of halogens is 3. The number of amides is 1. The van der Waals surface area contributed by atoms with Gasteiger partial charge < -0.3 is 14.7 Å². The summed E-state index contributed by atoms with van der Waals surface area (Å²) in [4.78, 5) is 20.7. The molecule has 38 heavy (non-hydrogen) atoms. The lowest BCUT2D eigenvalue weighted by molar-refractivity contribution is -0.133. The maximum absolute atomic E-state index is 14.4. The number of carbonyl (C=O) groups excluding carboxylic acids is 1. The number of rotatable bonds is 7. The summed E-state index contributed by atoms with van der Waals surface area (Å²) in [6.45, 7) is 7.15. The van der Waals surface area contributed by atoms with Gasteiger partial charge in [0.2, 0.25) is 5.91 Å². The molecule has 1 unspecified atom stereocenters. The molecule has 3 saturated heterocycles. The molecule has 1 amide bonds. The van der Waals surface area contributed by atoms with Crippen LogP contribution in [0.4, 0.5) is 4.39 Å². The van der Waals surface area contributed by atoms with Gasteiger partial charge in [-0.15, -0.1) is 0 Å². The van der Waals surface area contributed by atoms with Crippen LogP contribution in [0.15, 0.2) is 42.5 Å². The van der Waals surface area contributed by atoms with E-state index < -0.39 is 5.82 Å². The fourth-order valence-corrected chi connectivity index (χ4v) is 7.30.